The SMILES string of the molecule is Cc1ccn2c(NC(=O)CC(C)CC(C)(C)C)c(-c3cccc(F)c3F)nc2c1. The van der Waals surface area contributed by atoms with Crippen molar-refractivity contribution in [3.05, 3.63) is 53.7 Å². The largest absolute Gasteiger partial charge is 0.310 e. The number of benzene rings is 1. The quantitative estimate of drug-likeness (QED) is 0.573. The average molecular weight is 399 g/mol. The fraction of sp³-hybridized carbons (Fsp3) is 0.391. The number of hydrogen-bond acceptors (Lipinski definition) is 2. The Morgan fingerprint density at radius 2 is 1.97 bits per heavy atom. The Hall–Kier alpha value is -2.76. The molecule has 3 aromatic rings. The van der Waals surface area contributed by atoms with Gasteiger partial charge in [0.1, 0.15) is 17.2 Å². The minimum absolute atomic E-state index is 0.0180. The first-order valence-electron chi connectivity index (χ1n) is 9.78. The number of nitrogens with zero attached hydrogens (tertiary/aromatic N) is 2. The minimum Gasteiger partial charge on any atom is -0.310 e. The Labute approximate surface area is 170 Å². The molecule has 1 aromatic carbocycles. The van der Waals surface area contributed by atoms with Crippen molar-refractivity contribution in [1.29, 1.82) is 0 Å². The molecule has 29 heavy (non-hydrogen) atoms. The summed E-state index contributed by atoms with van der Waals surface area (Å²) in [5.74, 6) is -1.58. The maximum Gasteiger partial charge on any atom is 0.225 e. The van der Waals surface area contributed by atoms with Crippen LogP contribution in [0.3, 0.4) is 0 Å². The van der Waals surface area contributed by atoms with E-state index in [1.54, 1.807) is 10.6 Å². The fourth-order valence-electron chi connectivity index (χ4n) is 3.76. The van der Waals surface area contributed by atoms with Crippen molar-refractivity contribution in [2.45, 2.75) is 47.5 Å². The summed E-state index contributed by atoms with van der Waals surface area (Å²) in [6.07, 6.45) is 3.01. The Balaban J connectivity index is 2.00. The molecule has 0 aliphatic carbocycles. The van der Waals surface area contributed by atoms with Gasteiger partial charge < -0.3 is 5.32 Å². The zero-order valence-electron chi connectivity index (χ0n) is 17.5. The molecule has 3 rings (SSSR count). The van der Waals surface area contributed by atoms with E-state index in [2.05, 4.69) is 31.1 Å². The molecule has 1 atom stereocenters. The van der Waals surface area contributed by atoms with Gasteiger partial charge in [0.25, 0.3) is 0 Å². The van der Waals surface area contributed by atoms with E-state index >= 15 is 0 Å². The van der Waals surface area contributed by atoms with Crippen molar-refractivity contribution >= 4 is 17.4 Å². The number of amides is 1. The second kappa shape index (κ2) is 7.93. The van der Waals surface area contributed by atoms with Crippen molar-refractivity contribution in [1.82, 2.24) is 9.38 Å². The second-order valence-corrected chi connectivity index (χ2v) is 8.96. The van der Waals surface area contributed by atoms with E-state index in [0.29, 0.717) is 17.9 Å². The third-order valence-electron chi connectivity index (χ3n) is 4.74. The molecule has 0 saturated carbocycles. The molecule has 1 N–H and O–H groups in total. The summed E-state index contributed by atoms with van der Waals surface area (Å²) in [5.41, 5.74) is 1.89. The molecule has 4 nitrogen and oxygen atoms in total. The van der Waals surface area contributed by atoms with E-state index in [9.17, 15) is 13.6 Å². The molecular weight excluding hydrogens is 372 g/mol. The van der Waals surface area contributed by atoms with Crippen molar-refractivity contribution < 1.29 is 13.6 Å². The predicted octanol–water partition coefficient (Wildman–Crippen LogP) is 5.99. The molecule has 6 heteroatoms. The van der Waals surface area contributed by atoms with Crippen LogP contribution in [-0.2, 0) is 4.79 Å². The maximum atomic E-state index is 14.5. The first-order chi connectivity index (χ1) is 13.5. The van der Waals surface area contributed by atoms with E-state index < -0.39 is 11.6 Å². The van der Waals surface area contributed by atoms with Gasteiger partial charge in [0.15, 0.2) is 11.6 Å². The van der Waals surface area contributed by atoms with Gasteiger partial charge in [-0.2, -0.15) is 0 Å². The van der Waals surface area contributed by atoms with Crippen LogP contribution < -0.4 is 5.32 Å². The normalized spacial score (nSPS) is 12.9. The van der Waals surface area contributed by atoms with E-state index in [0.717, 1.165) is 18.1 Å². The van der Waals surface area contributed by atoms with E-state index in [1.165, 1.54) is 12.1 Å². The zero-order chi connectivity index (χ0) is 21.3. The van der Waals surface area contributed by atoms with Crippen LogP contribution in [0.1, 0.15) is 46.1 Å². The predicted molar refractivity (Wildman–Crippen MR) is 112 cm³/mol. The maximum absolute atomic E-state index is 14.5. The number of carbonyl (C=O) groups excluding carboxylic acids is 1. The summed E-state index contributed by atoms with van der Waals surface area (Å²) in [7, 11) is 0. The van der Waals surface area contributed by atoms with Crippen LogP contribution in [0.5, 0.6) is 0 Å². The number of halogens is 2. The Morgan fingerprint density at radius 1 is 1.24 bits per heavy atom. The Morgan fingerprint density at radius 3 is 2.66 bits per heavy atom. The second-order valence-electron chi connectivity index (χ2n) is 8.96. The van der Waals surface area contributed by atoms with Gasteiger partial charge in [-0.3, -0.25) is 9.20 Å². The molecule has 2 heterocycles. The number of carbonyl (C=O) groups is 1. The lowest BCUT2D eigenvalue weighted by atomic mass is 9.84. The summed E-state index contributed by atoms with van der Waals surface area (Å²) in [5, 5.41) is 2.89. The standard InChI is InChI=1S/C23H27F2N3O/c1-14-9-10-28-18(11-14)26-21(16-7-6-8-17(24)20(16)25)22(28)27-19(29)12-15(2)13-23(3,4)5/h6-11,15H,12-13H2,1-5H3,(H,27,29). The molecule has 0 aliphatic rings. The molecule has 0 saturated heterocycles. The third-order valence-corrected chi connectivity index (χ3v) is 4.74. The molecular formula is C23H27F2N3O. The number of nitrogens with one attached hydrogen (secondary N) is 1. The Bertz CT molecular complexity index is 1050. The minimum atomic E-state index is -0.982. The van der Waals surface area contributed by atoms with Gasteiger partial charge in [0.2, 0.25) is 5.91 Å². The van der Waals surface area contributed by atoms with Crippen molar-refractivity contribution in [2.24, 2.45) is 11.3 Å². The first-order valence-corrected chi connectivity index (χ1v) is 9.78. The number of pyridine rings is 1. The van der Waals surface area contributed by atoms with Crippen molar-refractivity contribution in [3.63, 3.8) is 0 Å². The highest BCUT2D eigenvalue weighted by Crippen LogP contribution is 2.32. The topological polar surface area (TPSA) is 46.4 Å². The van der Waals surface area contributed by atoms with Crippen LogP contribution in [0.4, 0.5) is 14.6 Å². The lowest BCUT2D eigenvalue weighted by Gasteiger charge is -2.22. The van der Waals surface area contributed by atoms with E-state index in [-0.39, 0.29) is 28.5 Å². The summed E-state index contributed by atoms with van der Waals surface area (Å²) in [6.45, 7) is 10.4. The molecule has 154 valence electrons. The number of rotatable bonds is 5. The van der Waals surface area contributed by atoms with E-state index in [4.69, 9.17) is 0 Å². The van der Waals surface area contributed by atoms with Gasteiger partial charge in [-0.1, -0.05) is 33.8 Å². The zero-order valence-corrected chi connectivity index (χ0v) is 17.5. The Kier molecular flexibility index (Phi) is 5.73. The van der Waals surface area contributed by atoms with Crippen LogP contribution in [-0.4, -0.2) is 15.3 Å². The summed E-state index contributed by atoms with van der Waals surface area (Å²) < 4.78 is 30.0. The lowest BCUT2D eigenvalue weighted by Crippen LogP contribution is -2.20. The van der Waals surface area contributed by atoms with Crippen LogP contribution in [0.2, 0.25) is 0 Å². The summed E-state index contributed by atoms with van der Waals surface area (Å²) in [4.78, 5) is 17.2. The summed E-state index contributed by atoms with van der Waals surface area (Å²) >= 11 is 0. The number of fused-ring (bicyclic) bond motifs is 1. The molecule has 2 aromatic heterocycles. The lowest BCUT2D eigenvalue weighted by molar-refractivity contribution is -0.117. The van der Waals surface area contributed by atoms with E-state index in [1.807, 2.05) is 26.0 Å². The van der Waals surface area contributed by atoms with Crippen molar-refractivity contribution in [2.75, 3.05) is 5.32 Å². The van der Waals surface area contributed by atoms with Crippen LogP contribution in [0.15, 0.2) is 36.5 Å². The molecule has 1 amide bonds. The number of aryl methyl sites for hydroxylation is 1. The molecule has 0 fully saturated rings. The molecule has 0 spiro atoms. The van der Waals surface area contributed by atoms with Gasteiger partial charge in [0, 0.05) is 18.2 Å². The van der Waals surface area contributed by atoms with Crippen LogP contribution in [0, 0.1) is 29.9 Å². The summed E-state index contributed by atoms with van der Waals surface area (Å²) in [6, 6.07) is 7.66. The molecule has 1 unspecified atom stereocenters. The van der Waals surface area contributed by atoms with Gasteiger partial charge in [-0.25, -0.2) is 13.8 Å². The third kappa shape index (κ3) is 4.81. The highest BCUT2D eigenvalue weighted by atomic mass is 19.2. The van der Waals surface area contributed by atoms with Gasteiger partial charge in [-0.15, -0.1) is 0 Å². The monoisotopic (exact) mass is 399 g/mol. The molecule has 0 radical (unpaired) electrons. The fourth-order valence-corrected chi connectivity index (χ4v) is 3.76. The smallest absolute Gasteiger partial charge is 0.225 e. The van der Waals surface area contributed by atoms with Gasteiger partial charge in [-0.05, 0) is 54.5 Å². The number of hydrogen-bond donors (Lipinski definition) is 1. The highest BCUT2D eigenvalue weighted by molar-refractivity contribution is 5.94. The molecule has 0 aliphatic heterocycles. The van der Waals surface area contributed by atoms with Crippen molar-refractivity contribution in [3.8, 4) is 11.3 Å². The number of anilines is 1. The number of aromatic nitrogens is 2. The first kappa shape index (κ1) is 21.0. The highest BCUT2D eigenvalue weighted by Gasteiger charge is 2.22. The van der Waals surface area contributed by atoms with Crippen LogP contribution in [0.25, 0.3) is 16.9 Å². The number of imidazole rings is 1. The van der Waals surface area contributed by atoms with Gasteiger partial charge in [0.05, 0.1) is 0 Å². The van der Waals surface area contributed by atoms with Crippen LogP contribution >= 0.6 is 0 Å². The molecule has 0 bridgehead atoms. The van der Waals surface area contributed by atoms with Gasteiger partial charge >= 0.3 is 0 Å². The average Bonchev–Trinajstić information content (AvgIpc) is 2.92.